The number of nitrogens with zero attached hydrogens (tertiary/aromatic N) is 2. The molecule has 5 rings (SSSR count). The molecule has 2 aromatic carbocycles. The molecule has 3 aliphatic rings. The Labute approximate surface area is 199 Å². The molecular weight excluding hydrogens is 435 g/mol. The van der Waals surface area contributed by atoms with Gasteiger partial charge in [0.1, 0.15) is 11.6 Å². The summed E-state index contributed by atoms with van der Waals surface area (Å²) >= 11 is 0. The van der Waals surface area contributed by atoms with Crippen LogP contribution in [0.25, 0.3) is 0 Å². The van der Waals surface area contributed by atoms with Gasteiger partial charge in [0.2, 0.25) is 5.91 Å². The topological polar surface area (TPSA) is 59.1 Å². The van der Waals surface area contributed by atoms with E-state index in [9.17, 15) is 14.0 Å². The first-order chi connectivity index (χ1) is 16.5. The van der Waals surface area contributed by atoms with E-state index >= 15 is 0 Å². The molecule has 1 saturated carbocycles. The number of amides is 2. The molecule has 2 fully saturated rings. The van der Waals surface area contributed by atoms with Gasteiger partial charge >= 0.3 is 0 Å². The number of ether oxygens (including phenoxy) is 2. The van der Waals surface area contributed by atoms with Crippen molar-refractivity contribution in [2.24, 2.45) is 5.92 Å². The third-order valence-corrected chi connectivity index (χ3v) is 6.97. The number of fused-ring (bicyclic) bond motifs is 1. The Morgan fingerprint density at radius 3 is 2.62 bits per heavy atom. The van der Waals surface area contributed by atoms with Crippen molar-refractivity contribution < 1.29 is 23.5 Å². The number of benzene rings is 2. The second-order valence-corrected chi connectivity index (χ2v) is 9.33. The first-order valence-electron chi connectivity index (χ1n) is 12.3. The van der Waals surface area contributed by atoms with Gasteiger partial charge in [-0.25, -0.2) is 4.39 Å². The molecular formula is C27H31FN2O4. The summed E-state index contributed by atoms with van der Waals surface area (Å²) in [4.78, 5) is 29.9. The molecule has 2 amide bonds. The van der Waals surface area contributed by atoms with E-state index in [1.54, 1.807) is 11.0 Å². The Morgan fingerprint density at radius 1 is 1.12 bits per heavy atom. The number of rotatable bonds is 6. The highest BCUT2D eigenvalue weighted by atomic mass is 19.1. The Kier molecular flexibility index (Phi) is 6.55. The maximum atomic E-state index is 14.2. The lowest BCUT2D eigenvalue weighted by atomic mass is 9.87. The molecule has 0 radical (unpaired) electrons. The summed E-state index contributed by atoms with van der Waals surface area (Å²) in [7, 11) is 0. The Hall–Kier alpha value is -2.93. The van der Waals surface area contributed by atoms with E-state index in [0.717, 1.165) is 36.0 Å². The second-order valence-electron chi connectivity index (χ2n) is 9.33. The summed E-state index contributed by atoms with van der Waals surface area (Å²) in [5.74, 6) is 0.455. The van der Waals surface area contributed by atoms with Crippen molar-refractivity contribution in [3.8, 4) is 5.75 Å². The quantitative estimate of drug-likeness (QED) is 0.651. The average molecular weight is 467 g/mol. The fourth-order valence-corrected chi connectivity index (χ4v) is 4.96. The van der Waals surface area contributed by atoms with Crippen LogP contribution >= 0.6 is 0 Å². The SMILES string of the molecule is CC[C@H](Oc1ccc2c(c1)[C@@H](c1cccc(F)c1)N(C(=O)C1CC1)CC2)C(=O)N1CCOCC1. The predicted molar refractivity (Wildman–Crippen MR) is 125 cm³/mol. The van der Waals surface area contributed by atoms with Gasteiger partial charge < -0.3 is 19.3 Å². The smallest absolute Gasteiger partial charge is 0.263 e. The summed E-state index contributed by atoms with van der Waals surface area (Å²) in [5.41, 5.74) is 2.81. The summed E-state index contributed by atoms with van der Waals surface area (Å²) in [6, 6.07) is 12.0. The lowest BCUT2D eigenvalue weighted by Gasteiger charge is -2.38. The fourth-order valence-electron chi connectivity index (χ4n) is 4.96. The minimum absolute atomic E-state index is 0.0317. The van der Waals surface area contributed by atoms with Crippen LogP contribution in [0, 0.1) is 11.7 Å². The molecule has 0 spiro atoms. The van der Waals surface area contributed by atoms with Crippen molar-refractivity contribution >= 4 is 11.8 Å². The van der Waals surface area contributed by atoms with Gasteiger partial charge in [-0.15, -0.1) is 0 Å². The van der Waals surface area contributed by atoms with E-state index in [2.05, 4.69) is 0 Å². The lowest BCUT2D eigenvalue weighted by Crippen LogP contribution is -2.47. The third-order valence-electron chi connectivity index (χ3n) is 6.97. The maximum Gasteiger partial charge on any atom is 0.263 e. The predicted octanol–water partition coefficient (Wildman–Crippen LogP) is 3.73. The highest BCUT2D eigenvalue weighted by Crippen LogP contribution is 2.41. The zero-order valence-corrected chi connectivity index (χ0v) is 19.5. The Morgan fingerprint density at radius 2 is 1.91 bits per heavy atom. The molecule has 34 heavy (non-hydrogen) atoms. The Balaban J connectivity index is 1.45. The maximum absolute atomic E-state index is 14.2. The normalized spacial score (nSPS) is 21.1. The number of hydrogen-bond donors (Lipinski definition) is 0. The minimum Gasteiger partial charge on any atom is -0.481 e. The highest BCUT2D eigenvalue weighted by molar-refractivity contribution is 5.82. The van der Waals surface area contributed by atoms with Crippen molar-refractivity contribution in [3.63, 3.8) is 0 Å². The molecule has 1 saturated heterocycles. The van der Waals surface area contributed by atoms with Crippen LogP contribution in [-0.2, 0) is 20.7 Å². The van der Waals surface area contributed by atoms with Crippen LogP contribution in [0.15, 0.2) is 42.5 Å². The van der Waals surface area contributed by atoms with Crippen molar-refractivity contribution in [2.75, 3.05) is 32.8 Å². The molecule has 0 N–H and O–H groups in total. The van der Waals surface area contributed by atoms with Crippen molar-refractivity contribution in [1.29, 1.82) is 0 Å². The van der Waals surface area contributed by atoms with Gasteiger partial charge in [0.25, 0.3) is 5.91 Å². The zero-order chi connectivity index (χ0) is 23.7. The van der Waals surface area contributed by atoms with Crippen LogP contribution in [0.3, 0.4) is 0 Å². The van der Waals surface area contributed by atoms with Crippen LogP contribution in [-0.4, -0.2) is 60.6 Å². The number of halogens is 1. The van der Waals surface area contributed by atoms with E-state index < -0.39 is 6.10 Å². The minimum atomic E-state index is -0.587. The van der Waals surface area contributed by atoms with E-state index in [1.807, 2.05) is 36.1 Å². The molecule has 2 atom stereocenters. The number of carbonyl (C=O) groups excluding carboxylic acids is 2. The summed E-state index contributed by atoms with van der Waals surface area (Å²) in [6.45, 7) is 4.78. The van der Waals surface area contributed by atoms with E-state index in [-0.39, 0.29) is 29.6 Å². The molecule has 7 heteroatoms. The molecule has 0 aromatic heterocycles. The van der Waals surface area contributed by atoms with E-state index in [4.69, 9.17) is 9.47 Å². The number of hydrogen-bond acceptors (Lipinski definition) is 4. The van der Waals surface area contributed by atoms with Crippen LogP contribution in [0.5, 0.6) is 5.75 Å². The highest BCUT2D eigenvalue weighted by Gasteiger charge is 2.40. The Bertz CT molecular complexity index is 1060. The van der Waals surface area contributed by atoms with Crippen molar-refractivity contribution in [1.82, 2.24) is 9.80 Å². The lowest BCUT2D eigenvalue weighted by molar-refractivity contribution is -0.143. The van der Waals surface area contributed by atoms with Crippen molar-refractivity contribution in [3.05, 3.63) is 65.0 Å². The molecule has 2 aliphatic heterocycles. The first-order valence-corrected chi connectivity index (χ1v) is 12.3. The van der Waals surface area contributed by atoms with Gasteiger partial charge in [-0.1, -0.05) is 25.1 Å². The summed E-state index contributed by atoms with van der Waals surface area (Å²) in [5, 5.41) is 0. The van der Waals surface area contributed by atoms with Gasteiger partial charge in [-0.2, -0.15) is 0 Å². The van der Waals surface area contributed by atoms with Gasteiger partial charge in [0, 0.05) is 25.6 Å². The fraction of sp³-hybridized carbons (Fsp3) is 0.481. The van der Waals surface area contributed by atoms with Crippen LogP contribution < -0.4 is 4.74 Å². The molecule has 180 valence electrons. The number of morpholine rings is 1. The zero-order valence-electron chi connectivity index (χ0n) is 19.5. The third kappa shape index (κ3) is 4.67. The van der Waals surface area contributed by atoms with Gasteiger partial charge in [-0.3, -0.25) is 9.59 Å². The largest absolute Gasteiger partial charge is 0.481 e. The second kappa shape index (κ2) is 9.74. The van der Waals surface area contributed by atoms with Gasteiger partial charge in [-0.05, 0) is 66.6 Å². The molecule has 2 heterocycles. The molecule has 0 unspecified atom stereocenters. The molecule has 0 bridgehead atoms. The van der Waals surface area contributed by atoms with Crippen LogP contribution in [0.1, 0.15) is 48.9 Å². The monoisotopic (exact) mass is 466 g/mol. The van der Waals surface area contributed by atoms with Gasteiger partial charge in [0.05, 0.1) is 19.3 Å². The van der Waals surface area contributed by atoms with Gasteiger partial charge in [0.15, 0.2) is 6.10 Å². The van der Waals surface area contributed by atoms with E-state index in [0.29, 0.717) is 45.0 Å². The van der Waals surface area contributed by atoms with Crippen LogP contribution in [0.4, 0.5) is 4.39 Å². The molecule has 1 aliphatic carbocycles. The standard InChI is InChI=1S/C27H31FN2O4/c1-2-24(27(32)29-12-14-33-15-13-29)34-22-9-8-18-10-11-30(26(31)19-6-7-19)25(23(18)17-22)20-4-3-5-21(28)16-20/h3-5,8-9,16-17,19,24-25H,2,6-7,10-15H2,1H3/t24-,25+/m0/s1. The van der Waals surface area contributed by atoms with E-state index in [1.165, 1.54) is 12.1 Å². The van der Waals surface area contributed by atoms with Crippen molar-refractivity contribution in [2.45, 2.75) is 44.8 Å². The number of carbonyl (C=O) groups is 2. The summed E-state index contributed by atoms with van der Waals surface area (Å²) in [6.07, 6.45) is 2.54. The van der Waals surface area contributed by atoms with Crippen LogP contribution in [0.2, 0.25) is 0 Å². The first kappa shape index (κ1) is 22.8. The summed E-state index contributed by atoms with van der Waals surface area (Å²) < 4.78 is 25.7. The molecule has 6 nitrogen and oxygen atoms in total. The molecule has 2 aromatic rings. The average Bonchev–Trinajstić information content (AvgIpc) is 3.72.